The molecule has 3 saturated heterocycles. The van der Waals surface area contributed by atoms with Gasteiger partial charge in [0, 0.05) is 66.3 Å². The van der Waals surface area contributed by atoms with Gasteiger partial charge in [0.05, 0.1) is 13.2 Å². The lowest BCUT2D eigenvalue weighted by molar-refractivity contribution is -0.00389. The third kappa shape index (κ3) is 22.7. The van der Waals surface area contributed by atoms with E-state index in [1.165, 1.54) is 58.3 Å². The maximum atomic E-state index is 5.25. The zero-order valence-electron chi connectivity index (χ0n) is 34.2. The number of rotatable bonds is 0. The first kappa shape index (κ1) is 53.2. The smallest absolute Gasteiger partial charge is 0.0594 e. The Hall–Kier alpha value is -1.18. The zero-order chi connectivity index (χ0) is 35.9. The largest absolute Gasteiger partial charge is 0.379 e. The van der Waals surface area contributed by atoms with E-state index in [1.54, 1.807) is 0 Å². The summed E-state index contributed by atoms with van der Waals surface area (Å²) in [5.74, 6) is 0. The summed E-state index contributed by atoms with van der Waals surface area (Å²) in [6.45, 7) is 45.3. The third-order valence-corrected chi connectivity index (χ3v) is 9.47. The predicted molar refractivity (Wildman–Crippen MR) is 228 cm³/mol. The molecule has 5 rings (SSSR count). The van der Waals surface area contributed by atoms with E-state index in [1.807, 2.05) is 12.1 Å². The van der Waals surface area contributed by atoms with Crippen molar-refractivity contribution in [1.29, 1.82) is 0 Å². The average molecular weight is 708 g/mol. The van der Waals surface area contributed by atoms with E-state index in [0.29, 0.717) is 22.2 Å². The van der Waals surface area contributed by atoms with Crippen molar-refractivity contribution in [1.82, 2.24) is 24.2 Å². The maximum Gasteiger partial charge on any atom is 0.0594 e. The van der Waals surface area contributed by atoms with Crippen molar-refractivity contribution in [3.05, 3.63) is 36.7 Å². The lowest BCUT2D eigenvalue weighted by Crippen LogP contribution is -2.47. The molecule has 300 valence electrons. The molecular weight excluding hydrogens is 615 g/mol. The average Bonchev–Trinajstić information content (AvgIpc) is 3.77. The fourth-order valence-electron chi connectivity index (χ4n) is 5.99. The van der Waals surface area contributed by atoms with Gasteiger partial charge in [-0.2, -0.15) is 0 Å². The molecule has 0 bridgehead atoms. The number of piperidine rings is 1. The van der Waals surface area contributed by atoms with Crippen molar-refractivity contribution in [2.75, 3.05) is 65.6 Å². The molecule has 6 nitrogen and oxygen atoms in total. The fraction of sp³-hybridized carbons (Fsp3) is 0.864. The van der Waals surface area contributed by atoms with Crippen LogP contribution in [-0.2, 0) is 10.3 Å². The highest BCUT2D eigenvalue weighted by molar-refractivity contribution is 4.99. The van der Waals surface area contributed by atoms with Crippen LogP contribution in [0.15, 0.2) is 36.7 Å². The quantitative estimate of drug-likeness (QED) is 0.250. The molecule has 0 amide bonds. The van der Waals surface area contributed by atoms with Crippen molar-refractivity contribution < 1.29 is 4.74 Å². The Labute approximate surface area is 316 Å². The number of aromatic nitrogens is 1. The van der Waals surface area contributed by atoms with Gasteiger partial charge in [0.15, 0.2) is 0 Å². The Bertz CT molecular complexity index is 885. The van der Waals surface area contributed by atoms with Crippen molar-refractivity contribution in [3.8, 4) is 0 Å². The van der Waals surface area contributed by atoms with Gasteiger partial charge >= 0.3 is 0 Å². The Morgan fingerprint density at radius 2 is 0.680 bits per heavy atom. The summed E-state index contributed by atoms with van der Waals surface area (Å²) in [5, 5.41) is 0. The number of likely N-dealkylation sites (tertiary alicyclic amines) is 2. The first-order valence-corrected chi connectivity index (χ1v) is 18.9. The van der Waals surface area contributed by atoms with Crippen LogP contribution in [0.1, 0.15) is 158 Å². The van der Waals surface area contributed by atoms with E-state index in [0.717, 1.165) is 39.4 Å². The number of hydrogen-bond donors (Lipinski definition) is 0. The topological polar surface area (TPSA) is 27.1 Å². The van der Waals surface area contributed by atoms with E-state index < -0.39 is 0 Å². The van der Waals surface area contributed by atoms with E-state index in [2.05, 4.69) is 153 Å². The normalized spacial score (nSPS) is 19.3. The number of ether oxygens (including phenoxy) is 1. The number of hydrogen-bond acceptors (Lipinski definition) is 5. The molecule has 0 aliphatic carbocycles. The lowest BCUT2D eigenvalue weighted by Gasteiger charge is -2.38. The zero-order valence-corrected chi connectivity index (χ0v) is 34.2. The Morgan fingerprint density at radius 1 is 0.380 bits per heavy atom. The molecule has 0 spiro atoms. The molecule has 0 atom stereocenters. The molecule has 0 saturated carbocycles. The van der Waals surface area contributed by atoms with Crippen LogP contribution in [0.4, 0.5) is 0 Å². The monoisotopic (exact) mass is 708 g/mol. The van der Waals surface area contributed by atoms with Crippen molar-refractivity contribution in [2.24, 2.45) is 0 Å². The van der Waals surface area contributed by atoms with Gasteiger partial charge in [-0.1, -0.05) is 40.9 Å². The van der Waals surface area contributed by atoms with Crippen LogP contribution >= 0.6 is 0 Å². The van der Waals surface area contributed by atoms with Gasteiger partial charge in [0.1, 0.15) is 0 Å². The number of morpholine rings is 1. The molecule has 4 aliphatic rings. The summed E-state index contributed by atoms with van der Waals surface area (Å²) in [6.07, 6.45) is 15.7. The van der Waals surface area contributed by atoms with Gasteiger partial charge in [0.25, 0.3) is 0 Å². The van der Waals surface area contributed by atoms with Gasteiger partial charge in [-0.3, -0.25) is 19.6 Å². The van der Waals surface area contributed by atoms with Crippen LogP contribution in [0.2, 0.25) is 0 Å². The molecule has 0 unspecified atom stereocenters. The number of nitrogens with zero attached hydrogens (tertiary/aromatic N) is 5. The summed E-state index contributed by atoms with van der Waals surface area (Å²) in [7, 11) is 0. The second-order valence-electron chi connectivity index (χ2n) is 18.7. The minimum Gasteiger partial charge on any atom is -0.379 e. The second kappa shape index (κ2) is 24.2. The highest BCUT2D eigenvalue weighted by Gasteiger charge is 2.24. The second-order valence-corrected chi connectivity index (χ2v) is 18.7. The molecule has 3 fully saturated rings. The molecule has 4 aliphatic heterocycles. The third-order valence-electron chi connectivity index (χ3n) is 9.47. The highest BCUT2D eigenvalue weighted by Crippen LogP contribution is 2.20. The molecule has 0 aromatic carbocycles. The lowest BCUT2D eigenvalue weighted by atomic mass is 10.0. The van der Waals surface area contributed by atoms with Crippen LogP contribution in [0.25, 0.3) is 0 Å². The van der Waals surface area contributed by atoms with Crippen molar-refractivity contribution >= 4 is 0 Å². The minimum absolute atomic E-state index is 0. The first-order chi connectivity index (χ1) is 21.5. The molecule has 0 radical (unpaired) electrons. The molecule has 5 heterocycles. The summed E-state index contributed by atoms with van der Waals surface area (Å²) in [4.78, 5) is 10.0. The summed E-state index contributed by atoms with van der Waals surface area (Å²) in [6, 6.07) is 4.09. The standard InChI is InChI=1S/C9H19N.C8H17NO.C8H17N.C8H15N.C8H13N.3CH4/c1-9(2,3)10-7-5-4-6-8-10;1-8(2,3)9-4-6-10-7-5-9;3*1-8(2,3)9-6-4-5-7-9;;;/h4-8H2,1-3H3;4-7H2,1-3H3;4-7H2,1-3H3;4-5H,6-7H2,1-3H3;4-7H,1-3H3;3*1H4. The van der Waals surface area contributed by atoms with Gasteiger partial charge in [-0.15, -0.1) is 0 Å². The van der Waals surface area contributed by atoms with Crippen LogP contribution in [0, 0.1) is 0 Å². The van der Waals surface area contributed by atoms with E-state index in [4.69, 9.17) is 4.74 Å². The Morgan fingerprint density at radius 3 is 0.900 bits per heavy atom. The van der Waals surface area contributed by atoms with Gasteiger partial charge in [-0.25, -0.2) is 0 Å². The Balaban J connectivity index is -0.000000545. The summed E-state index contributed by atoms with van der Waals surface area (Å²) >= 11 is 0. The van der Waals surface area contributed by atoms with Gasteiger partial charge < -0.3 is 9.30 Å². The molecule has 1 aromatic rings. The molecular formula is C44H93N5O. The van der Waals surface area contributed by atoms with Crippen molar-refractivity contribution in [3.63, 3.8) is 0 Å². The highest BCUT2D eigenvalue weighted by atomic mass is 16.5. The summed E-state index contributed by atoms with van der Waals surface area (Å²) in [5.41, 5.74) is 1.73. The first-order valence-electron chi connectivity index (χ1n) is 18.9. The van der Waals surface area contributed by atoms with E-state index in [-0.39, 0.29) is 27.8 Å². The molecule has 50 heavy (non-hydrogen) atoms. The van der Waals surface area contributed by atoms with Gasteiger partial charge in [-0.05, 0) is 168 Å². The SMILES string of the molecule is C.C.C.CC(C)(C)N1CC=CC1.CC(C)(C)N1CCCC1.CC(C)(C)N1CCCCC1.CC(C)(C)N1CCOCC1.CC(C)(C)n1cccc1. The van der Waals surface area contributed by atoms with Gasteiger partial charge in [0.2, 0.25) is 0 Å². The molecule has 6 heteroatoms. The van der Waals surface area contributed by atoms with Crippen LogP contribution in [0.3, 0.4) is 0 Å². The van der Waals surface area contributed by atoms with Crippen LogP contribution in [-0.4, -0.2) is 112 Å². The maximum absolute atomic E-state index is 5.25. The van der Waals surface area contributed by atoms with Crippen LogP contribution in [0.5, 0.6) is 0 Å². The van der Waals surface area contributed by atoms with Crippen molar-refractivity contribution in [2.45, 2.75) is 186 Å². The predicted octanol–water partition coefficient (Wildman–Crippen LogP) is 11.1. The molecule has 1 aromatic heterocycles. The summed E-state index contributed by atoms with van der Waals surface area (Å²) < 4.78 is 7.44. The Kier molecular flexibility index (Phi) is 25.7. The molecule has 0 N–H and O–H groups in total. The van der Waals surface area contributed by atoms with E-state index >= 15 is 0 Å². The van der Waals surface area contributed by atoms with E-state index in [9.17, 15) is 0 Å². The van der Waals surface area contributed by atoms with Crippen LogP contribution < -0.4 is 0 Å². The fourth-order valence-corrected chi connectivity index (χ4v) is 5.99. The minimum atomic E-state index is 0.